The quantitative estimate of drug-likeness (QED) is 0.581. The number of aryl methyl sites for hydroxylation is 2. The van der Waals surface area contributed by atoms with Crippen LogP contribution in [0.25, 0.3) is 22.5 Å². The van der Waals surface area contributed by atoms with Crippen molar-refractivity contribution in [3.8, 4) is 11.3 Å². The number of fused-ring (bicyclic) bond motifs is 2. The van der Waals surface area contributed by atoms with Gasteiger partial charge in [-0.3, -0.25) is 4.79 Å². The van der Waals surface area contributed by atoms with Crippen LogP contribution in [0.1, 0.15) is 34.5 Å². The number of hydrogen-bond acceptors (Lipinski definition) is 6. The molecule has 8 heteroatoms. The number of carbonyl (C=O) groups excluding carboxylic acids is 1. The summed E-state index contributed by atoms with van der Waals surface area (Å²) in [5.41, 5.74) is 4.91. The molecule has 0 spiro atoms. The van der Waals surface area contributed by atoms with Gasteiger partial charge in [0.15, 0.2) is 22.9 Å². The highest BCUT2D eigenvalue weighted by molar-refractivity contribution is 6.05. The fraction of sp³-hybridized carbons (Fsp3) is 0.211. The highest BCUT2D eigenvalue weighted by atomic mass is 16.5. The van der Waals surface area contributed by atoms with E-state index in [1.54, 1.807) is 6.07 Å². The molecule has 2 N–H and O–H groups in total. The Labute approximate surface area is 154 Å². The molecule has 5 rings (SSSR count). The lowest BCUT2D eigenvalue weighted by atomic mass is 9.90. The minimum atomic E-state index is -0.405. The molecule has 1 aliphatic carbocycles. The maximum atomic E-state index is 12.5. The number of nitrogens with zero attached hydrogens (tertiary/aromatic N) is 4. The highest BCUT2D eigenvalue weighted by Crippen LogP contribution is 2.28. The second kappa shape index (κ2) is 6.31. The topological polar surface area (TPSA) is 110 Å². The molecule has 134 valence electrons. The van der Waals surface area contributed by atoms with Gasteiger partial charge in [0, 0.05) is 11.6 Å². The van der Waals surface area contributed by atoms with E-state index in [2.05, 4.69) is 42.5 Å². The summed E-state index contributed by atoms with van der Waals surface area (Å²) in [4.78, 5) is 27.6. The number of benzene rings is 1. The van der Waals surface area contributed by atoms with Gasteiger partial charge in [-0.15, -0.1) is 0 Å². The van der Waals surface area contributed by atoms with Crippen molar-refractivity contribution in [1.82, 2.24) is 25.1 Å². The first-order valence-corrected chi connectivity index (χ1v) is 8.82. The van der Waals surface area contributed by atoms with Crippen molar-refractivity contribution in [2.24, 2.45) is 0 Å². The van der Waals surface area contributed by atoms with E-state index < -0.39 is 5.91 Å². The number of rotatable bonds is 3. The molecule has 1 amide bonds. The SMILES string of the molecule is O=C(Nc1ncnc2nc[nH]c12)c1cc(-c2ccc3c(c2)CCCC3)on1. The average molecular weight is 360 g/mol. The van der Waals surface area contributed by atoms with Crippen LogP contribution in [0.5, 0.6) is 0 Å². The number of carbonyl (C=O) groups is 1. The van der Waals surface area contributed by atoms with Crippen LogP contribution >= 0.6 is 0 Å². The van der Waals surface area contributed by atoms with Gasteiger partial charge in [-0.2, -0.15) is 0 Å². The third kappa shape index (κ3) is 2.84. The van der Waals surface area contributed by atoms with Gasteiger partial charge in [0.25, 0.3) is 5.91 Å². The number of hydrogen-bond donors (Lipinski definition) is 2. The van der Waals surface area contributed by atoms with Crippen LogP contribution in [-0.4, -0.2) is 31.0 Å². The molecule has 0 atom stereocenters. The van der Waals surface area contributed by atoms with Crippen LogP contribution < -0.4 is 5.32 Å². The van der Waals surface area contributed by atoms with Crippen LogP contribution in [0, 0.1) is 0 Å². The molecule has 0 fully saturated rings. The van der Waals surface area contributed by atoms with Crippen LogP contribution in [0.4, 0.5) is 5.82 Å². The molecule has 0 unspecified atom stereocenters. The second-order valence-corrected chi connectivity index (χ2v) is 6.54. The van der Waals surface area contributed by atoms with Gasteiger partial charge in [-0.1, -0.05) is 17.3 Å². The third-order valence-electron chi connectivity index (χ3n) is 4.83. The van der Waals surface area contributed by atoms with Gasteiger partial charge in [-0.25, -0.2) is 15.0 Å². The summed E-state index contributed by atoms with van der Waals surface area (Å²) in [5.74, 6) is 0.515. The Morgan fingerprint density at radius 3 is 2.89 bits per heavy atom. The molecule has 0 saturated heterocycles. The Kier molecular flexibility index (Phi) is 3.67. The van der Waals surface area contributed by atoms with Gasteiger partial charge in [0.1, 0.15) is 11.8 Å². The van der Waals surface area contributed by atoms with Gasteiger partial charge in [-0.05, 0) is 42.9 Å². The highest BCUT2D eigenvalue weighted by Gasteiger charge is 2.18. The van der Waals surface area contributed by atoms with E-state index in [1.807, 2.05) is 6.07 Å². The Bertz CT molecular complexity index is 1150. The number of imidazole rings is 1. The number of amides is 1. The van der Waals surface area contributed by atoms with Crippen molar-refractivity contribution in [2.45, 2.75) is 25.7 Å². The lowest BCUT2D eigenvalue weighted by molar-refractivity contribution is 0.101. The molecule has 3 heterocycles. The summed E-state index contributed by atoms with van der Waals surface area (Å²) in [5, 5.41) is 6.63. The molecule has 8 nitrogen and oxygen atoms in total. The van der Waals surface area contributed by atoms with E-state index in [0.29, 0.717) is 22.7 Å². The summed E-state index contributed by atoms with van der Waals surface area (Å²) in [6, 6.07) is 7.94. The third-order valence-corrected chi connectivity index (χ3v) is 4.83. The zero-order valence-corrected chi connectivity index (χ0v) is 14.4. The van der Waals surface area contributed by atoms with Crippen molar-refractivity contribution in [3.05, 3.63) is 53.7 Å². The van der Waals surface area contributed by atoms with Crippen molar-refractivity contribution >= 4 is 22.9 Å². The monoisotopic (exact) mass is 360 g/mol. The van der Waals surface area contributed by atoms with E-state index in [4.69, 9.17) is 4.52 Å². The number of aromatic nitrogens is 5. The van der Waals surface area contributed by atoms with Gasteiger partial charge < -0.3 is 14.8 Å². The molecule has 0 bridgehead atoms. The predicted molar refractivity (Wildman–Crippen MR) is 98.2 cm³/mol. The minimum Gasteiger partial charge on any atom is -0.355 e. The van der Waals surface area contributed by atoms with Crippen molar-refractivity contribution in [1.29, 1.82) is 0 Å². The normalized spacial score (nSPS) is 13.5. The summed E-state index contributed by atoms with van der Waals surface area (Å²) in [6.45, 7) is 0. The van der Waals surface area contributed by atoms with Crippen molar-refractivity contribution in [3.63, 3.8) is 0 Å². The molecule has 0 radical (unpaired) electrons. The molecular formula is C19H16N6O2. The van der Waals surface area contributed by atoms with E-state index in [-0.39, 0.29) is 5.69 Å². The largest absolute Gasteiger partial charge is 0.355 e. The van der Waals surface area contributed by atoms with E-state index in [0.717, 1.165) is 18.4 Å². The summed E-state index contributed by atoms with van der Waals surface area (Å²) < 4.78 is 5.41. The molecule has 3 aromatic heterocycles. The minimum absolute atomic E-state index is 0.189. The fourth-order valence-corrected chi connectivity index (χ4v) is 3.44. The number of H-pyrrole nitrogens is 1. The number of nitrogens with one attached hydrogen (secondary N) is 2. The lowest BCUT2D eigenvalue weighted by Crippen LogP contribution is -2.13. The van der Waals surface area contributed by atoms with Crippen LogP contribution in [-0.2, 0) is 12.8 Å². The molecule has 27 heavy (non-hydrogen) atoms. The molecular weight excluding hydrogens is 344 g/mol. The average Bonchev–Trinajstić information content (AvgIpc) is 3.38. The maximum absolute atomic E-state index is 12.5. The summed E-state index contributed by atoms with van der Waals surface area (Å²) in [6.07, 6.45) is 7.51. The summed E-state index contributed by atoms with van der Waals surface area (Å²) >= 11 is 0. The number of anilines is 1. The smallest absolute Gasteiger partial charge is 0.279 e. The Morgan fingerprint density at radius 2 is 1.96 bits per heavy atom. The maximum Gasteiger partial charge on any atom is 0.279 e. The summed E-state index contributed by atoms with van der Waals surface area (Å²) in [7, 11) is 0. The van der Waals surface area contributed by atoms with Gasteiger partial charge in [0.05, 0.1) is 6.33 Å². The van der Waals surface area contributed by atoms with Crippen LogP contribution in [0.3, 0.4) is 0 Å². The standard InChI is InChI=1S/C19H16N6O2/c26-19(24-18-16-17(21-9-20-16)22-10-23-18)14-8-15(27-25-14)13-6-5-11-3-1-2-4-12(11)7-13/h5-10H,1-4H2,(H2,20,21,22,23,24,26). The zero-order chi connectivity index (χ0) is 18.2. The molecule has 4 aromatic rings. The molecule has 1 aliphatic rings. The Balaban J connectivity index is 1.40. The Hall–Kier alpha value is -3.55. The zero-order valence-electron chi connectivity index (χ0n) is 14.4. The first kappa shape index (κ1) is 15.7. The first-order valence-electron chi connectivity index (χ1n) is 8.82. The van der Waals surface area contributed by atoms with E-state index >= 15 is 0 Å². The molecule has 0 saturated carbocycles. The second-order valence-electron chi connectivity index (χ2n) is 6.54. The van der Waals surface area contributed by atoms with Gasteiger partial charge >= 0.3 is 0 Å². The van der Waals surface area contributed by atoms with Crippen LogP contribution in [0.15, 0.2) is 41.4 Å². The number of aromatic amines is 1. The van der Waals surface area contributed by atoms with Crippen LogP contribution in [0.2, 0.25) is 0 Å². The first-order chi connectivity index (χ1) is 13.3. The van der Waals surface area contributed by atoms with E-state index in [1.165, 1.54) is 36.6 Å². The van der Waals surface area contributed by atoms with Crippen molar-refractivity contribution < 1.29 is 9.32 Å². The predicted octanol–water partition coefficient (Wildman–Crippen LogP) is 3.14. The Morgan fingerprint density at radius 1 is 1.07 bits per heavy atom. The fourth-order valence-electron chi connectivity index (χ4n) is 3.44. The molecule has 0 aliphatic heterocycles. The lowest BCUT2D eigenvalue weighted by Gasteiger charge is -2.15. The van der Waals surface area contributed by atoms with E-state index in [9.17, 15) is 4.79 Å². The molecule has 1 aromatic carbocycles. The van der Waals surface area contributed by atoms with Gasteiger partial charge in [0.2, 0.25) is 0 Å². The van der Waals surface area contributed by atoms with Crippen molar-refractivity contribution in [2.75, 3.05) is 5.32 Å².